The molecule has 0 saturated heterocycles. The molecule has 1 aromatic carbocycles. The smallest absolute Gasteiger partial charge is 0.0646 e. The Morgan fingerprint density at radius 2 is 2.15 bits per heavy atom. The van der Waals surface area contributed by atoms with E-state index in [4.69, 9.17) is 16.8 Å². The average Bonchev–Trinajstić information content (AvgIpc) is 2.08. The summed E-state index contributed by atoms with van der Waals surface area (Å²) in [5.74, 6) is 0.235. The van der Waals surface area contributed by atoms with Crippen molar-refractivity contribution in [2.24, 2.45) is 5.16 Å². The van der Waals surface area contributed by atoms with E-state index in [9.17, 15) is 0 Å². The molecule has 1 fully saturated rings. The number of oxime groups is 1. The summed E-state index contributed by atoms with van der Waals surface area (Å²) < 4.78 is 0. The van der Waals surface area contributed by atoms with Gasteiger partial charge in [-0.25, -0.2) is 0 Å². The maximum absolute atomic E-state index is 8.65. The molecule has 0 aromatic heterocycles. The van der Waals surface area contributed by atoms with Crippen LogP contribution in [0.5, 0.6) is 0 Å². The van der Waals surface area contributed by atoms with Gasteiger partial charge in [0.2, 0.25) is 0 Å². The minimum absolute atomic E-state index is 0.235. The molecule has 1 aliphatic rings. The van der Waals surface area contributed by atoms with Gasteiger partial charge in [0.25, 0.3) is 0 Å². The van der Waals surface area contributed by atoms with Crippen LogP contribution in [0, 0.1) is 0 Å². The Balaban J connectivity index is 2.31. The summed E-state index contributed by atoms with van der Waals surface area (Å²) in [6, 6.07) is 7.70. The highest BCUT2D eigenvalue weighted by Gasteiger charge is 2.29. The Morgan fingerprint density at radius 1 is 1.38 bits per heavy atom. The monoisotopic (exact) mass is 195 g/mol. The molecule has 0 spiro atoms. The molecule has 0 aliphatic heterocycles. The van der Waals surface area contributed by atoms with Crippen LogP contribution in [0.15, 0.2) is 29.4 Å². The van der Waals surface area contributed by atoms with Crippen LogP contribution in [0.1, 0.15) is 24.3 Å². The number of benzene rings is 1. The van der Waals surface area contributed by atoms with E-state index in [0.717, 1.165) is 29.1 Å². The molecular formula is C10H10ClNO. The van der Waals surface area contributed by atoms with Gasteiger partial charge in [0.15, 0.2) is 0 Å². The summed E-state index contributed by atoms with van der Waals surface area (Å²) in [6.45, 7) is 0. The molecule has 13 heavy (non-hydrogen) atoms. The number of nitrogens with zero attached hydrogens (tertiary/aromatic N) is 1. The lowest BCUT2D eigenvalue weighted by molar-refractivity contribution is 0.310. The van der Waals surface area contributed by atoms with Crippen molar-refractivity contribution in [3.8, 4) is 0 Å². The largest absolute Gasteiger partial charge is 0.411 e. The van der Waals surface area contributed by atoms with Crippen molar-refractivity contribution in [2.45, 2.75) is 18.8 Å². The van der Waals surface area contributed by atoms with Crippen molar-refractivity contribution >= 4 is 17.3 Å². The maximum Gasteiger partial charge on any atom is 0.0646 e. The first-order valence-electron chi connectivity index (χ1n) is 4.28. The van der Waals surface area contributed by atoms with Crippen LogP contribution in [0.25, 0.3) is 0 Å². The molecule has 0 radical (unpaired) electrons. The molecular weight excluding hydrogens is 186 g/mol. The summed E-state index contributed by atoms with van der Waals surface area (Å²) in [7, 11) is 0. The van der Waals surface area contributed by atoms with Crippen LogP contribution in [0.3, 0.4) is 0 Å². The standard InChI is InChI=1S/C10H10ClNO/c11-9-4-2-1-3-7(9)8-5-6-10(8)12-13/h1-4,8,13H,5-6H2. The zero-order chi connectivity index (χ0) is 9.26. The fourth-order valence-electron chi connectivity index (χ4n) is 1.63. The van der Waals surface area contributed by atoms with Crippen LogP contribution in [0.4, 0.5) is 0 Å². The van der Waals surface area contributed by atoms with Crippen molar-refractivity contribution in [1.29, 1.82) is 0 Å². The second kappa shape index (κ2) is 3.38. The maximum atomic E-state index is 8.65. The summed E-state index contributed by atoms with van der Waals surface area (Å²) in [5, 5.41) is 12.7. The van der Waals surface area contributed by atoms with E-state index >= 15 is 0 Å². The Kier molecular flexibility index (Phi) is 2.23. The van der Waals surface area contributed by atoms with Gasteiger partial charge in [0.1, 0.15) is 0 Å². The van der Waals surface area contributed by atoms with Crippen molar-refractivity contribution in [3.05, 3.63) is 34.9 Å². The lowest BCUT2D eigenvalue weighted by Crippen LogP contribution is -2.23. The van der Waals surface area contributed by atoms with Crippen LogP contribution in [0.2, 0.25) is 5.02 Å². The first kappa shape index (κ1) is 8.57. The quantitative estimate of drug-likeness (QED) is 0.542. The van der Waals surface area contributed by atoms with Gasteiger partial charge in [0.05, 0.1) is 5.71 Å². The van der Waals surface area contributed by atoms with Crippen LogP contribution < -0.4 is 0 Å². The van der Waals surface area contributed by atoms with Gasteiger partial charge in [-0.05, 0) is 24.5 Å². The van der Waals surface area contributed by atoms with Gasteiger partial charge in [-0.1, -0.05) is 35.0 Å². The predicted octanol–water partition coefficient (Wildman–Crippen LogP) is 3.05. The lowest BCUT2D eigenvalue weighted by Gasteiger charge is -2.27. The summed E-state index contributed by atoms with van der Waals surface area (Å²) >= 11 is 6.02. The topological polar surface area (TPSA) is 32.6 Å². The summed E-state index contributed by atoms with van der Waals surface area (Å²) in [6.07, 6.45) is 1.91. The van der Waals surface area contributed by atoms with Crippen LogP contribution in [-0.4, -0.2) is 10.9 Å². The van der Waals surface area contributed by atoms with Crippen LogP contribution >= 0.6 is 11.6 Å². The van der Waals surface area contributed by atoms with Gasteiger partial charge in [-0.2, -0.15) is 0 Å². The number of hydrogen-bond donors (Lipinski definition) is 1. The highest BCUT2D eigenvalue weighted by Crippen LogP contribution is 2.37. The molecule has 1 aromatic rings. The van der Waals surface area contributed by atoms with Gasteiger partial charge >= 0.3 is 0 Å². The molecule has 1 unspecified atom stereocenters. The third kappa shape index (κ3) is 1.42. The SMILES string of the molecule is ON=C1CCC1c1ccccc1Cl. The molecule has 3 heteroatoms. The van der Waals surface area contributed by atoms with Crippen molar-refractivity contribution in [1.82, 2.24) is 0 Å². The molecule has 1 atom stereocenters. The van der Waals surface area contributed by atoms with Crippen molar-refractivity contribution in [2.75, 3.05) is 0 Å². The van der Waals surface area contributed by atoms with Crippen LogP contribution in [-0.2, 0) is 0 Å². The van der Waals surface area contributed by atoms with Crippen molar-refractivity contribution < 1.29 is 5.21 Å². The zero-order valence-corrected chi connectivity index (χ0v) is 7.83. The fourth-order valence-corrected chi connectivity index (χ4v) is 1.90. The molecule has 0 amide bonds. The Bertz CT molecular complexity index is 349. The predicted molar refractivity (Wildman–Crippen MR) is 52.6 cm³/mol. The fraction of sp³-hybridized carbons (Fsp3) is 0.300. The van der Waals surface area contributed by atoms with E-state index in [1.54, 1.807) is 0 Å². The van der Waals surface area contributed by atoms with Gasteiger partial charge in [0, 0.05) is 10.9 Å². The molecule has 2 rings (SSSR count). The second-order valence-electron chi connectivity index (χ2n) is 3.20. The minimum atomic E-state index is 0.235. The van der Waals surface area contributed by atoms with Gasteiger partial charge in [-0.3, -0.25) is 0 Å². The lowest BCUT2D eigenvalue weighted by atomic mass is 9.78. The van der Waals surface area contributed by atoms with E-state index < -0.39 is 0 Å². The molecule has 1 saturated carbocycles. The van der Waals surface area contributed by atoms with E-state index in [1.807, 2.05) is 24.3 Å². The van der Waals surface area contributed by atoms with E-state index in [-0.39, 0.29) is 5.92 Å². The normalized spacial score (nSPS) is 24.4. The highest BCUT2D eigenvalue weighted by molar-refractivity contribution is 6.31. The Morgan fingerprint density at radius 3 is 2.69 bits per heavy atom. The molecule has 2 nitrogen and oxygen atoms in total. The molecule has 1 N–H and O–H groups in total. The van der Waals surface area contributed by atoms with Crippen molar-refractivity contribution in [3.63, 3.8) is 0 Å². The van der Waals surface area contributed by atoms with E-state index in [0.29, 0.717) is 0 Å². The highest BCUT2D eigenvalue weighted by atomic mass is 35.5. The number of hydrogen-bond acceptors (Lipinski definition) is 2. The summed E-state index contributed by atoms with van der Waals surface area (Å²) in [4.78, 5) is 0. The molecule has 0 heterocycles. The Hall–Kier alpha value is -1.02. The van der Waals surface area contributed by atoms with E-state index in [1.165, 1.54) is 0 Å². The minimum Gasteiger partial charge on any atom is -0.411 e. The Labute approximate surface area is 81.8 Å². The third-order valence-electron chi connectivity index (χ3n) is 2.50. The van der Waals surface area contributed by atoms with E-state index in [2.05, 4.69) is 5.16 Å². The molecule has 1 aliphatic carbocycles. The molecule has 0 bridgehead atoms. The number of halogens is 1. The number of rotatable bonds is 1. The second-order valence-corrected chi connectivity index (χ2v) is 3.61. The zero-order valence-electron chi connectivity index (χ0n) is 7.07. The first-order valence-corrected chi connectivity index (χ1v) is 4.66. The van der Waals surface area contributed by atoms with Gasteiger partial charge in [-0.15, -0.1) is 0 Å². The molecule has 68 valence electrons. The summed E-state index contributed by atoms with van der Waals surface area (Å²) in [5.41, 5.74) is 1.91. The van der Waals surface area contributed by atoms with Gasteiger partial charge < -0.3 is 5.21 Å². The first-order chi connectivity index (χ1) is 6.33. The average molecular weight is 196 g/mol. The third-order valence-corrected chi connectivity index (χ3v) is 2.84.